The second kappa shape index (κ2) is 6.21. The standard InChI is InChI=1S/C8H17N3S2/c1-5(2)9-7(10-6(3)4)11-8(12)13/h5-6H,1-4H3,(H3,9,10,11,12,13). The van der Waals surface area contributed by atoms with E-state index in [1.165, 1.54) is 0 Å². The molecule has 0 unspecified atom stereocenters. The second-order valence-electron chi connectivity index (χ2n) is 3.30. The van der Waals surface area contributed by atoms with Gasteiger partial charge < -0.3 is 10.6 Å². The van der Waals surface area contributed by atoms with E-state index >= 15 is 0 Å². The Morgan fingerprint density at radius 2 is 1.85 bits per heavy atom. The zero-order valence-corrected chi connectivity index (χ0v) is 10.2. The number of guanidine groups is 1. The van der Waals surface area contributed by atoms with Crippen molar-refractivity contribution in [3.63, 3.8) is 0 Å². The van der Waals surface area contributed by atoms with Crippen LogP contribution in [0.5, 0.6) is 0 Å². The van der Waals surface area contributed by atoms with Crippen LogP contribution in [0.4, 0.5) is 0 Å². The molecule has 0 saturated heterocycles. The molecule has 0 aliphatic heterocycles. The number of rotatable bonds is 2. The Labute approximate surface area is 90.8 Å². The zero-order chi connectivity index (χ0) is 10.4. The lowest BCUT2D eigenvalue weighted by Crippen LogP contribution is -2.42. The molecule has 0 aliphatic rings. The number of thiocarbonyl (C=S) groups is 1. The van der Waals surface area contributed by atoms with E-state index in [0.717, 1.165) is 0 Å². The number of aliphatic imine (C=N–C) groups is 1. The maximum atomic E-state index is 4.81. The molecule has 0 atom stereocenters. The lowest BCUT2D eigenvalue weighted by molar-refractivity contribution is 0.707. The van der Waals surface area contributed by atoms with Gasteiger partial charge in [0.25, 0.3) is 0 Å². The first-order valence-corrected chi connectivity index (χ1v) is 5.11. The monoisotopic (exact) mass is 219 g/mol. The first-order valence-electron chi connectivity index (χ1n) is 4.26. The highest BCUT2D eigenvalue weighted by Crippen LogP contribution is 1.88. The van der Waals surface area contributed by atoms with Gasteiger partial charge in [0.05, 0.1) is 0 Å². The van der Waals surface area contributed by atoms with Crippen LogP contribution in [0.1, 0.15) is 27.7 Å². The summed E-state index contributed by atoms with van der Waals surface area (Å²) in [5.41, 5.74) is 0. The summed E-state index contributed by atoms with van der Waals surface area (Å²) in [6.07, 6.45) is 0. The first-order chi connectivity index (χ1) is 5.91. The smallest absolute Gasteiger partial charge is 0.197 e. The quantitative estimate of drug-likeness (QED) is 0.285. The summed E-state index contributed by atoms with van der Waals surface area (Å²) in [6, 6.07) is 0.559. The molecule has 5 heteroatoms. The van der Waals surface area contributed by atoms with Crippen molar-refractivity contribution in [2.24, 2.45) is 4.99 Å². The van der Waals surface area contributed by atoms with Gasteiger partial charge in [0.15, 0.2) is 5.96 Å². The third-order valence-corrected chi connectivity index (χ3v) is 1.25. The Balaban J connectivity index is 4.27. The van der Waals surface area contributed by atoms with E-state index in [1.54, 1.807) is 0 Å². The number of nitrogens with one attached hydrogen (secondary N) is 2. The van der Waals surface area contributed by atoms with Crippen LogP contribution in [0.15, 0.2) is 4.99 Å². The van der Waals surface area contributed by atoms with Gasteiger partial charge in [-0.2, -0.15) is 0 Å². The lowest BCUT2D eigenvalue weighted by Gasteiger charge is -2.14. The van der Waals surface area contributed by atoms with Crippen molar-refractivity contribution >= 4 is 35.1 Å². The number of hydrogen-bond acceptors (Lipinski definition) is 2. The Morgan fingerprint density at radius 3 is 2.15 bits per heavy atom. The van der Waals surface area contributed by atoms with Crippen LogP contribution in [-0.2, 0) is 0 Å². The van der Waals surface area contributed by atoms with Crippen LogP contribution in [0, 0.1) is 0 Å². The van der Waals surface area contributed by atoms with E-state index in [-0.39, 0.29) is 6.04 Å². The van der Waals surface area contributed by atoms with Crippen molar-refractivity contribution in [2.75, 3.05) is 0 Å². The summed E-state index contributed by atoms with van der Waals surface area (Å²) < 4.78 is 0.424. The second-order valence-corrected chi connectivity index (χ2v) is 4.46. The fourth-order valence-electron chi connectivity index (χ4n) is 0.739. The molecule has 0 fully saturated rings. The van der Waals surface area contributed by atoms with Gasteiger partial charge in [-0.1, -0.05) is 12.2 Å². The van der Waals surface area contributed by atoms with Crippen molar-refractivity contribution in [3.05, 3.63) is 0 Å². The van der Waals surface area contributed by atoms with Crippen molar-refractivity contribution in [3.8, 4) is 0 Å². The third-order valence-electron chi connectivity index (χ3n) is 1.04. The lowest BCUT2D eigenvalue weighted by atomic mass is 10.4. The van der Waals surface area contributed by atoms with Gasteiger partial charge >= 0.3 is 0 Å². The minimum atomic E-state index is 0.233. The molecule has 0 aliphatic carbocycles. The number of hydrogen-bond donors (Lipinski definition) is 3. The SMILES string of the molecule is CC(C)/N=C(\NC(=S)S)NC(C)C. The largest absolute Gasteiger partial charge is 0.354 e. The number of thiol groups is 1. The van der Waals surface area contributed by atoms with Gasteiger partial charge in [-0.15, -0.1) is 12.6 Å². The summed E-state index contributed by atoms with van der Waals surface area (Å²) in [4.78, 5) is 4.32. The predicted octanol–water partition coefficient (Wildman–Crippen LogP) is 1.55. The Morgan fingerprint density at radius 1 is 1.31 bits per heavy atom. The van der Waals surface area contributed by atoms with Crippen molar-refractivity contribution in [1.29, 1.82) is 0 Å². The average molecular weight is 219 g/mol. The summed E-state index contributed by atoms with van der Waals surface area (Å²) in [5.74, 6) is 0.685. The van der Waals surface area contributed by atoms with Crippen LogP contribution in [0.2, 0.25) is 0 Å². The summed E-state index contributed by atoms with van der Waals surface area (Å²) in [6.45, 7) is 8.09. The Hall–Kier alpha value is -0.290. The highest BCUT2D eigenvalue weighted by Gasteiger charge is 2.02. The van der Waals surface area contributed by atoms with E-state index in [4.69, 9.17) is 12.2 Å². The van der Waals surface area contributed by atoms with Crippen LogP contribution in [-0.4, -0.2) is 22.4 Å². The summed E-state index contributed by atoms with van der Waals surface area (Å²) in [7, 11) is 0. The molecule has 0 heterocycles. The van der Waals surface area contributed by atoms with Gasteiger partial charge in [-0.3, -0.25) is 4.99 Å². The van der Waals surface area contributed by atoms with Crippen LogP contribution >= 0.6 is 24.8 Å². The number of nitrogens with zero attached hydrogens (tertiary/aromatic N) is 1. The van der Waals surface area contributed by atoms with Crippen molar-refractivity contribution in [2.45, 2.75) is 39.8 Å². The van der Waals surface area contributed by atoms with E-state index < -0.39 is 0 Å². The molecule has 0 amide bonds. The molecule has 2 N–H and O–H groups in total. The van der Waals surface area contributed by atoms with Gasteiger partial charge in [0, 0.05) is 12.1 Å². The molecule has 0 saturated carbocycles. The molecule has 0 aromatic heterocycles. The van der Waals surface area contributed by atoms with Gasteiger partial charge in [-0.25, -0.2) is 0 Å². The molecule has 3 nitrogen and oxygen atoms in total. The van der Waals surface area contributed by atoms with Gasteiger partial charge in [0.1, 0.15) is 4.32 Å². The average Bonchev–Trinajstić information content (AvgIpc) is 1.80. The summed E-state index contributed by atoms with van der Waals surface area (Å²) in [5, 5.41) is 6.02. The molecule has 0 aromatic carbocycles. The highest BCUT2D eigenvalue weighted by molar-refractivity contribution is 8.11. The van der Waals surface area contributed by atoms with Crippen LogP contribution < -0.4 is 10.6 Å². The Bertz CT molecular complexity index is 200. The molecule has 13 heavy (non-hydrogen) atoms. The molecular weight excluding hydrogens is 202 g/mol. The molecule has 0 radical (unpaired) electrons. The van der Waals surface area contributed by atoms with E-state index in [2.05, 4.69) is 28.3 Å². The summed E-state index contributed by atoms with van der Waals surface area (Å²) >= 11 is 8.79. The minimum Gasteiger partial charge on any atom is -0.354 e. The molecular formula is C8H17N3S2. The predicted molar refractivity (Wildman–Crippen MR) is 65.6 cm³/mol. The molecule has 0 aromatic rings. The first kappa shape index (κ1) is 12.7. The normalized spacial score (nSPS) is 12.1. The maximum absolute atomic E-state index is 4.81. The molecule has 0 spiro atoms. The van der Waals surface area contributed by atoms with E-state index in [0.29, 0.717) is 16.3 Å². The molecule has 0 bridgehead atoms. The van der Waals surface area contributed by atoms with Crippen molar-refractivity contribution < 1.29 is 0 Å². The maximum Gasteiger partial charge on any atom is 0.197 e. The minimum absolute atomic E-state index is 0.233. The Kier molecular flexibility index (Phi) is 6.07. The van der Waals surface area contributed by atoms with E-state index in [1.807, 2.05) is 27.7 Å². The van der Waals surface area contributed by atoms with Gasteiger partial charge in [0.2, 0.25) is 0 Å². The van der Waals surface area contributed by atoms with Crippen LogP contribution in [0.25, 0.3) is 0 Å². The molecule has 76 valence electrons. The van der Waals surface area contributed by atoms with E-state index in [9.17, 15) is 0 Å². The van der Waals surface area contributed by atoms with Crippen molar-refractivity contribution in [1.82, 2.24) is 10.6 Å². The van der Waals surface area contributed by atoms with Gasteiger partial charge in [-0.05, 0) is 27.7 Å². The topological polar surface area (TPSA) is 36.4 Å². The van der Waals surface area contributed by atoms with Crippen LogP contribution in [0.3, 0.4) is 0 Å². The fourth-order valence-corrected chi connectivity index (χ4v) is 0.941. The molecule has 0 rings (SSSR count). The highest BCUT2D eigenvalue weighted by atomic mass is 32.1. The zero-order valence-electron chi connectivity index (χ0n) is 8.46. The fraction of sp³-hybridized carbons (Fsp3) is 0.750. The third kappa shape index (κ3) is 8.05.